The zero-order valence-corrected chi connectivity index (χ0v) is 15.1. The number of aromatic nitrogens is 2. The van der Waals surface area contributed by atoms with E-state index in [1.165, 1.54) is 0 Å². The van der Waals surface area contributed by atoms with E-state index in [1.54, 1.807) is 14.7 Å². The molecule has 1 aromatic rings. The van der Waals surface area contributed by atoms with E-state index in [0.29, 0.717) is 32.1 Å². The molecule has 1 unspecified atom stereocenters. The molecular weight excluding hydrogens is 330 g/mol. The summed E-state index contributed by atoms with van der Waals surface area (Å²) < 4.78 is 34.3. The van der Waals surface area contributed by atoms with Crippen LogP contribution in [-0.4, -0.2) is 73.6 Å². The topological polar surface area (TPSA) is 78.9 Å². The first-order valence-corrected chi connectivity index (χ1v) is 9.79. The van der Waals surface area contributed by atoms with Gasteiger partial charge in [-0.1, -0.05) is 0 Å². The predicted molar refractivity (Wildman–Crippen MR) is 91.3 cm³/mol. The van der Waals surface area contributed by atoms with Crippen LogP contribution in [0.3, 0.4) is 0 Å². The van der Waals surface area contributed by atoms with Crippen LogP contribution in [0, 0.1) is 0 Å². The lowest BCUT2D eigenvalue weighted by molar-refractivity contribution is 0.120. The summed E-state index contributed by atoms with van der Waals surface area (Å²) in [5.41, 5.74) is 0. The van der Waals surface area contributed by atoms with Gasteiger partial charge in [-0.3, -0.25) is 0 Å². The monoisotopic (exact) mass is 355 g/mol. The van der Waals surface area contributed by atoms with Crippen molar-refractivity contribution in [1.29, 1.82) is 0 Å². The number of piperidine rings is 1. The SMILES string of the molecule is CN(C)c1ccc(OC2CCCN(S(=O)(=O)N3CCCC3)C2)nn1. The summed E-state index contributed by atoms with van der Waals surface area (Å²) in [5.74, 6) is 1.19. The van der Waals surface area contributed by atoms with Crippen LogP contribution in [0.5, 0.6) is 5.88 Å². The normalized spacial score (nSPS) is 23.3. The fourth-order valence-corrected chi connectivity index (χ4v) is 4.84. The van der Waals surface area contributed by atoms with Gasteiger partial charge in [0, 0.05) is 39.8 Å². The second-order valence-corrected chi connectivity index (χ2v) is 8.41. The van der Waals surface area contributed by atoms with Crippen LogP contribution in [0.4, 0.5) is 5.82 Å². The Morgan fingerprint density at radius 1 is 1.08 bits per heavy atom. The second-order valence-electron chi connectivity index (χ2n) is 6.48. The molecule has 0 amide bonds. The van der Waals surface area contributed by atoms with Crippen molar-refractivity contribution < 1.29 is 13.2 Å². The smallest absolute Gasteiger partial charge is 0.282 e. The number of anilines is 1. The van der Waals surface area contributed by atoms with Crippen LogP contribution in [-0.2, 0) is 10.2 Å². The first kappa shape index (κ1) is 17.4. The summed E-state index contributed by atoms with van der Waals surface area (Å²) in [4.78, 5) is 1.86. The second kappa shape index (κ2) is 7.20. The van der Waals surface area contributed by atoms with Gasteiger partial charge in [-0.15, -0.1) is 10.2 Å². The molecule has 1 atom stereocenters. The molecule has 0 radical (unpaired) electrons. The summed E-state index contributed by atoms with van der Waals surface area (Å²) in [6.45, 7) is 2.18. The molecule has 2 aliphatic rings. The van der Waals surface area contributed by atoms with Crippen molar-refractivity contribution in [2.45, 2.75) is 31.8 Å². The fraction of sp³-hybridized carbons (Fsp3) is 0.733. The maximum absolute atomic E-state index is 12.7. The summed E-state index contributed by atoms with van der Waals surface area (Å²) in [7, 11) is 0.430. The molecule has 2 aliphatic heterocycles. The highest BCUT2D eigenvalue weighted by Crippen LogP contribution is 2.23. The van der Waals surface area contributed by atoms with Crippen LogP contribution in [0.1, 0.15) is 25.7 Å². The third-order valence-electron chi connectivity index (χ3n) is 4.43. The van der Waals surface area contributed by atoms with Crippen molar-refractivity contribution in [3.63, 3.8) is 0 Å². The van der Waals surface area contributed by atoms with Crippen LogP contribution in [0.2, 0.25) is 0 Å². The Hall–Kier alpha value is -1.45. The third kappa shape index (κ3) is 3.79. The maximum Gasteiger partial charge on any atom is 0.282 e. The Morgan fingerprint density at radius 2 is 1.79 bits per heavy atom. The molecule has 9 heteroatoms. The lowest BCUT2D eigenvalue weighted by Gasteiger charge is -2.34. The van der Waals surface area contributed by atoms with Crippen molar-refractivity contribution in [1.82, 2.24) is 18.8 Å². The third-order valence-corrected chi connectivity index (χ3v) is 6.43. The highest BCUT2D eigenvalue weighted by molar-refractivity contribution is 7.86. The molecule has 0 aliphatic carbocycles. The molecular formula is C15H25N5O3S. The van der Waals surface area contributed by atoms with E-state index in [9.17, 15) is 8.42 Å². The van der Waals surface area contributed by atoms with Gasteiger partial charge in [-0.05, 0) is 31.7 Å². The van der Waals surface area contributed by atoms with E-state index in [-0.39, 0.29) is 6.10 Å². The molecule has 1 aromatic heterocycles. The minimum absolute atomic E-state index is 0.185. The molecule has 2 saturated heterocycles. The molecule has 0 N–H and O–H groups in total. The van der Waals surface area contributed by atoms with Gasteiger partial charge < -0.3 is 9.64 Å². The quantitative estimate of drug-likeness (QED) is 0.775. The van der Waals surface area contributed by atoms with E-state index in [1.807, 2.05) is 25.1 Å². The zero-order chi connectivity index (χ0) is 17.2. The Bertz CT molecular complexity index is 644. The molecule has 0 spiro atoms. The van der Waals surface area contributed by atoms with Crippen molar-refractivity contribution in [2.24, 2.45) is 0 Å². The fourth-order valence-electron chi connectivity index (χ4n) is 3.08. The van der Waals surface area contributed by atoms with Gasteiger partial charge in [0.05, 0.1) is 6.54 Å². The van der Waals surface area contributed by atoms with E-state index >= 15 is 0 Å². The standard InChI is InChI=1S/C15H25N5O3S/c1-18(2)14-7-8-15(17-16-14)23-13-6-5-11-20(12-13)24(21,22)19-9-3-4-10-19/h7-8,13H,3-6,9-12H2,1-2H3. The van der Waals surface area contributed by atoms with Crippen molar-refractivity contribution in [2.75, 3.05) is 45.2 Å². The van der Waals surface area contributed by atoms with Gasteiger partial charge in [0.25, 0.3) is 10.2 Å². The van der Waals surface area contributed by atoms with Gasteiger partial charge in [0.15, 0.2) is 5.82 Å². The van der Waals surface area contributed by atoms with Gasteiger partial charge in [-0.25, -0.2) is 0 Å². The molecule has 0 aromatic carbocycles. The van der Waals surface area contributed by atoms with Crippen LogP contribution < -0.4 is 9.64 Å². The molecule has 2 fully saturated rings. The Kier molecular flexibility index (Phi) is 5.21. The first-order chi connectivity index (χ1) is 11.5. The summed E-state index contributed by atoms with van der Waals surface area (Å²) in [6, 6.07) is 3.61. The summed E-state index contributed by atoms with van der Waals surface area (Å²) >= 11 is 0. The largest absolute Gasteiger partial charge is 0.472 e. The number of rotatable bonds is 5. The van der Waals surface area contributed by atoms with E-state index in [4.69, 9.17) is 4.74 Å². The van der Waals surface area contributed by atoms with Gasteiger partial charge in [-0.2, -0.15) is 17.0 Å². The lowest BCUT2D eigenvalue weighted by atomic mass is 10.1. The van der Waals surface area contributed by atoms with E-state index in [2.05, 4.69) is 10.2 Å². The van der Waals surface area contributed by atoms with Crippen molar-refractivity contribution in [3.8, 4) is 5.88 Å². The molecule has 0 bridgehead atoms. The minimum atomic E-state index is -3.36. The van der Waals surface area contributed by atoms with Crippen LogP contribution in [0.25, 0.3) is 0 Å². The Balaban J connectivity index is 1.63. The Labute approximate surface area is 143 Å². The minimum Gasteiger partial charge on any atom is -0.472 e. The van der Waals surface area contributed by atoms with E-state index in [0.717, 1.165) is 31.5 Å². The Morgan fingerprint density at radius 3 is 2.42 bits per heavy atom. The van der Waals surface area contributed by atoms with Crippen LogP contribution in [0.15, 0.2) is 12.1 Å². The van der Waals surface area contributed by atoms with Crippen LogP contribution >= 0.6 is 0 Å². The highest BCUT2D eigenvalue weighted by atomic mass is 32.2. The van der Waals surface area contributed by atoms with Crippen molar-refractivity contribution >= 4 is 16.0 Å². The molecule has 3 rings (SSSR count). The van der Waals surface area contributed by atoms with Gasteiger partial charge >= 0.3 is 0 Å². The number of hydrogen-bond donors (Lipinski definition) is 0. The average molecular weight is 355 g/mol. The molecule has 8 nitrogen and oxygen atoms in total. The van der Waals surface area contributed by atoms with E-state index < -0.39 is 10.2 Å². The predicted octanol–water partition coefficient (Wildman–Crippen LogP) is 0.726. The molecule has 24 heavy (non-hydrogen) atoms. The molecule has 134 valence electrons. The molecule has 3 heterocycles. The van der Waals surface area contributed by atoms with Gasteiger partial charge in [0.2, 0.25) is 5.88 Å². The number of nitrogens with zero attached hydrogens (tertiary/aromatic N) is 5. The maximum atomic E-state index is 12.7. The number of hydrogen-bond acceptors (Lipinski definition) is 6. The lowest BCUT2D eigenvalue weighted by Crippen LogP contribution is -2.49. The highest BCUT2D eigenvalue weighted by Gasteiger charge is 2.35. The molecule has 0 saturated carbocycles. The first-order valence-electron chi connectivity index (χ1n) is 8.40. The summed E-state index contributed by atoms with van der Waals surface area (Å²) in [6.07, 6.45) is 3.32. The number of ether oxygens (including phenoxy) is 1. The van der Waals surface area contributed by atoms with Crippen molar-refractivity contribution in [3.05, 3.63) is 12.1 Å². The average Bonchev–Trinajstić information content (AvgIpc) is 3.11. The summed E-state index contributed by atoms with van der Waals surface area (Å²) in [5, 5.41) is 8.15. The zero-order valence-electron chi connectivity index (χ0n) is 14.3. The van der Waals surface area contributed by atoms with Gasteiger partial charge in [0.1, 0.15) is 6.10 Å².